The molecule has 0 saturated carbocycles. The third-order valence-corrected chi connectivity index (χ3v) is 3.13. The zero-order chi connectivity index (χ0) is 17.0. The van der Waals surface area contributed by atoms with Crippen molar-refractivity contribution in [2.24, 2.45) is 5.92 Å². The fraction of sp³-hybridized carbons (Fsp3) is 0.250. The second-order valence-electron chi connectivity index (χ2n) is 5.10. The lowest BCUT2D eigenvalue weighted by Gasteiger charge is -2.14. The summed E-state index contributed by atoms with van der Waals surface area (Å²) in [6, 6.07) is 4.69. The van der Waals surface area contributed by atoms with Gasteiger partial charge in [-0.25, -0.2) is 18.6 Å². The number of rotatable bonds is 6. The Hall–Kier alpha value is -2.54. The highest BCUT2D eigenvalue weighted by molar-refractivity contribution is 5.86. The van der Waals surface area contributed by atoms with E-state index in [-0.39, 0.29) is 36.0 Å². The lowest BCUT2D eigenvalue weighted by atomic mass is 10.1. The molecule has 0 aliphatic heterocycles. The molecule has 0 amide bonds. The smallest absolute Gasteiger partial charge is 0.357 e. The monoisotopic (exact) mass is 323 g/mol. The van der Waals surface area contributed by atoms with Gasteiger partial charge in [-0.2, -0.15) is 0 Å². The van der Waals surface area contributed by atoms with E-state index in [0.717, 1.165) is 18.3 Å². The molecular weight excluding hydrogens is 308 g/mol. The molecule has 23 heavy (non-hydrogen) atoms. The van der Waals surface area contributed by atoms with E-state index >= 15 is 0 Å². The summed E-state index contributed by atoms with van der Waals surface area (Å²) in [4.78, 5) is 14.3. The third kappa shape index (κ3) is 4.01. The van der Waals surface area contributed by atoms with Crippen molar-refractivity contribution in [3.8, 4) is 16.9 Å². The van der Waals surface area contributed by atoms with Gasteiger partial charge in [-0.05, 0) is 24.3 Å². The first kappa shape index (κ1) is 16.8. The zero-order valence-electron chi connectivity index (χ0n) is 12.3. The number of carboxylic acid groups (broad SMARTS) is 1. The van der Waals surface area contributed by atoms with Crippen LogP contribution in [-0.2, 0) is 0 Å². The molecule has 7 heteroatoms. The second-order valence-corrected chi connectivity index (χ2v) is 5.10. The molecule has 122 valence electrons. The summed E-state index contributed by atoms with van der Waals surface area (Å²) in [5.41, 5.74) is -0.265. The number of halogens is 2. The minimum atomic E-state index is -1.48. The lowest BCUT2D eigenvalue weighted by molar-refractivity contribution is 0.0685. The SMILES string of the molecule is C[C@H](CO)COc1ccc(F)cc1-c1cnc(C(=O)O)c(F)c1. The van der Waals surface area contributed by atoms with Crippen LogP contribution in [0.3, 0.4) is 0 Å². The number of carboxylic acids is 1. The molecule has 1 aromatic carbocycles. The Bertz CT molecular complexity index is 721. The zero-order valence-corrected chi connectivity index (χ0v) is 12.3. The number of aliphatic hydroxyl groups excluding tert-OH is 1. The molecule has 0 aliphatic carbocycles. The van der Waals surface area contributed by atoms with Gasteiger partial charge in [0.15, 0.2) is 11.5 Å². The average Bonchev–Trinajstić information content (AvgIpc) is 2.52. The Morgan fingerprint density at radius 3 is 2.70 bits per heavy atom. The summed E-state index contributed by atoms with van der Waals surface area (Å²) >= 11 is 0. The van der Waals surface area contributed by atoms with Crippen molar-refractivity contribution in [1.82, 2.24) is 4.98 Å². The molecule has 0 bridgehead atoms. The minimum absolute atomic E-state index is 0.0694. The summed E-state index contributed by atoms with van der Waals surface area (Å²) in [5.74, 6) is -2.89. The van der Waals surface area contributed by atoms with Crippen LogP contribution < -0.4 is 4.74 Å². The van der Waals surface area contributed by atoms with E-state index in [0.29, 0.717) is 0 Å². The molecule has 0 radical (unpaired) electrons. The summed E-state index contributed by atoms with van der Waals surface area (Å²) < 4.78 is 32.8. The normalized spacial score (nSPS) is 12.0. The first-order chi connectivity index (χ1) is 10.9. The van der Waals surface area contributed by atoms with Crippen LogP contribution in [0.4, 0.5) is 8.78 Å². The van der Waals surface area contributed by atoms with Gasteiger partial charge < -0.3 is 14.9 Å². The number of hydrogen-bond donors (Lipinski definition) is 2. The van der Waals surface area contributed by atoms with Crippen LogP contribution in [0.5, 0.6) is 5.75 Å². The van der Waals surface area contributed by atoms with Gasteiger partial charge in [-0.3, -0.25) is 0 Å². The standard InChI is InChI=1S/C16H15F2NO4/c1-9(7-20)8-23-14-3-2-11(17)5-12(14)10-4-13(18)15(16(21)22)19-6-10/h2-6,9,20H,7-8H2,1H3,(H,21,22)/t9-/m1/s1. The molecule has 0 saturated heterocycles. The topological polar surface area (TPSA) is 79.7 Å². The van der Waals surface area contributed by atoms with Crippen LogP contribution in [0.15, 0.2) is 30.5 Å². The molecule has 0 spiro atoms. The Morgan fingerprint density at radius 1 is 1.35 bits per heavy atom. The molecule has 0 aliphatic rings. The van der Waals surface area contributed by atoms with E-state index < -0.39 is 23.3 Å². The fourth-order valence-electron chi connectivity index (χ4n) is 1.88. The van der Waals surface area contributed by atoms with E-state index in [1.165, 1.54) is 12.1 Å². The van der Waals surface area contributed by atoms with Crippen molar-refractivity contribution >= 4 is 5.97 Å². The van der Waals surface area contributed by atoms with Crippen LogP contribution in [-0.4, -0.2) is 34.4 Å². The number of aromatic carboxylic acids is 1. The van der Waals surface area contributed by atoms with Crippen LogP contribution in [0.1, 0.15) is 17.4 Å². The van der Waals surface area contributed by atoms with E-state index in [1.54, 1.807) is 6.92 Å². The van der Waals surface area contributed by atoms with Crippen LogP contribution >= 0.6 is 0 Å². The highest BCUT2D eigenvalue weighted by Crippen LogP contribution is 2.31. The number of benzene rings is 1. The van der Waals surface area contributed by atoms with Crippen molar-refractivity contribution in [2.75, 3.05) is 13.2 Å². The molecule has 2 N–H and O–H groups in total. The maximum absolute atomic E-state index is 13.8. The van der Waals surface area contributed by atoms with Crippen molar-refractivity contribution in [3.05, 3.63) is 47.8 Å². The molecule has 5 nitrogen and oxygen atoms in total. The Morgan fingerprint density at radius 2 is 2.09 bits per heavy atom. The molecular formula is C16H15F2NO4. The predicted octanol–water partition coefficient (Wildman–Crippen LogP) is 2.73. The predicted molar refractivity (Wildman–Crippen MR) is 78.3 cm³/mol. The molecule has 1 heterocycles. The molecule has 1 atom stereocenters. The average molecular weight is 323 g/mol. The number of nitrogens with zero attached hydrogens (tertiary/aromatic N) is 1. The second kappa shape index (κ2) is 7.15. The van der Waals surface area contributed by atoms with Crippen molar-refractivity contribution < 1.29 is 28.5 Å². The van der Waals surface area contributed by atoms with E-state index in [1.807, 2.05) is 0 Å². The molecule has 2 aromatic rings. The highest BCUT2D eigenvalue weighted by Gasteiger charge is 2.16. The maximum Gasteiger partial charge on any atom is 0.357 e. The van der Waals surface area contributed by atoms with E-state index in [9.17, 15) is 13.6 Å². The molecule has 1 aromatic heterocycles. The van der Waals surface area contributed by atoms with Gasteiger partial charge in [0.2, 0.25) is 0 Å². The van der Waals surface area contributed by atoms with Crippen LogP contribution in [0, 0.1) is 17.6 Å². The Labute approximate surface area is 131 Å². The number of carbonyl (C=O) groups is 1. The number of ether oxygens (including phenoxy) is 1. The minimum Gasteiger partial charge on any atom is -0.493 e. The first-order valence-corrected chi connectivity index (χ1v) is 6.84. The maximum atomic E-state index is 13.8. The van der Waals surface area contributed by atoms with Crippen LogP contribution in [0.25, 0.3) is 11.1 Å². The summed E-state index contributed by atoms with van der Waals surface area (Å²) in [7, 11) is 0. The fourth-order valence-corrected chi connectivity index (χ4v) is 1.88. The van der Waals surface area contributed by atoms with Gasteiger partial charge in [0.05, 0.1) is 6.61 Å². The van der Waals surface area contributed by atoms with Gasteiger partial charge in [0.1, 0.15) is 11.6 Å². The van der Waals surface area contributed by atoms with E-state index in [2.05, 4.69) is 4.98 Å². The third-order valence-electron chi connectivity index (χ3n) is 3.13. The van der Waals surface area contributed by atoms with Gasteiger partial charge >= 0.3 is 5.97 Å². The van der Waals surface area contributed by atoms with Crippen molar-refractivity contribution in [1.29, 1.82) is 0 Å². The van der Waals surface area contributed by atoms with Crippen LogP contribution in [0.2, 0.25) is 0 Å². The number of pyridine rings is 1. The van der Waals surface area contributed by atoms with Gasteiger partial charge in [0, 0.05) is 29.8 Å². The van der Waals surface area contributed by atoms with E-state index in [4.69, 9.17) is 14.9 Å². The first-order valence-electron chi connectivity index (χ1n) is 6.84. The van der Waals surface area contributed by atoms with Crippen molar-refractivity contribution in [3.63, 3.8) is 0 Å². The molecule has 0 unspecified atom stereocenters. The Balaban J connectivity index is 2.39. The number of aliphatic hydroxyl groups is 1. The van der Waals surface area contributed by atoms with Gasteiger partial charge in [-0.15, -0.1) is 0 Å². The van der Waals surface area contributed by atoms with Gasteiger partial charge in [0.25, 0.3) is 0 Å². The highest BCUT2D eigenvalue weighted by atomic mass is 19.1. The quantitative estimate of drug-likeness (QED) is 0.854. The number of aromatic nitrogens is 1. The summed E-state index contributed by atoms with van der Waals surface area (Å²) in [5, 5.41) is 17.8. The Kier molecular flexibility index (Phi) is 5.23. The number of hydrogen-bond acceptors (Lipinski definition) is 4. The van der Waals surface area contributed by atoms with Crippen molar-refractivity contribution in [2.45, 2.75) is 6.92 Å². The summed E-state index contributed by atoms with van der Waals surface area (Å²) in [6.45, 7) is 1.89. The van der Waals surface area contributed by atoms with Gasteiger partial charge in [-0.1, -0.05) is 6.92 Å². The lowest BCUT2D eigenvalue weighted by Crippen LogP contribution is -2.12. The largest absolute Gasteiger partial charge is 0.493 e. The summed E-state index contributed by atoms with van der Waals surface area (Å²) in [6.07, 6.45) is 1.14. The molecule has 0 fully saturated rings. The molecule has 2 rings (SSSR count).